The number of fused-ring (bicyclic) bond motifs is 1. The van der Waals surface area contributed by atoms with E-state index >= 15 is 0 Å². The number of ether oxygens (including phenoxy) is 2. The van der Waals surface area contributed by atoms with Crippen molar-refractivity contribution in [3.63, 3.8) is 0 Å². The molecule has 1 N–H and O–H groups in total. The van der Waals surface area contributed by atoms with Crippen LogP contribution in [0.2, 0.25) is 0 Å². The standard InChI is InChI=1S/C27H42N2O6/c1-6-8-18-34-25(33)20-19-13-14-27(35-19)21(20)23(31)28(16-11-9-10-12-17-30)22(27)24(32)29(15-7-2)26(3,4)5/h6-7,19-22,30H,1-2,8-18H2,3-5H3/t19-,20+,21-,22?,27?/m0/s1. The molecule has 35 heavy (non-hydrogen) atoms. The number of aliphatic hydroxyl groups is 1. The second-order valence-electron chi connectivity index (χ2n) is 10.9. The molecule has 2 amide bonds. The summed E-state index contributed by atoms with van der Waals surface area (Å²) in [7, 11) is 0. The molecule has 2 bridgehead atoms. The Hall–Kier alpha value is -2.19. The van der Waals surface area contributed by atoms with Gasteiger partial charge in [0.05, 0.1) is 24.5 Å². The summed E-state index contributed by atoms with van der Waals surface area (Å²) in [5.41, 5.74) is -1.49. The van der Waals surface area contributed by atoms with Gasteiger partial charge < -0.3 is 24.4 Å². The van der Waals surface area contributed by atoms with Gasteiger partial charge in [-0.25, -0.2) is 0 Å². The van der Waals surface area contributed by atoms with Crippen LogP contribution in [-0.4, -0.2) is 82.3 Å². The lowest BCUT2D eigenvalue weighted by Crippen LogP contribution is -2.59. The zero-order valence-electron chi connectivity index (χ0n) is 21.5. The summed E-state index contributed by atoms with van der Waals surface area (Å²) >= 11 is 0. The van der Waals surface area contributed by atoms with Crippen LogP contribution < -0.4 is 0 Å². The lowest BCUT2D eigenvalue weighted by atomic mass is 9.70. The highest BCUT2D eigenvalue weighted by Gasteiger charge is 2.75. The van der Waals surface area contributed by atoms with Crippen molar-refractivity contribution in [1.29, 1.82) is 0 Å². The van der Waals surface area contributed by atoms with Crippen LogP contribution in [-0.2, 0) is 23.9 Å². The Morgan fingerprint density at radius 3 is 2.57 bits per heavy atom. The highest BCUT2D eigenvalue weighted by Crippen LogP contribution is 2.59. The lowest BCUT2D eigenvalue weighted by molar-refractivity contribution is -0.155. The fourth-order valence-electron chi connectivity index (χ4n) is 6.00. The van der Waals surface area contributed by atoms with Gasteiger partial charge in [-0.1, -0.05) is 25.0 Å². The van der Waals surface area contributed by atoms with E-state index in [0.717, 1.165) is 12.8 Å². The minimum atomic E-state index is -1.02. The number of carbonyl (C=O) groups is 3. The van der Waals surface area contributed by atoms with Gasteiger partial charge in [-0.15, -0.1) is 13.2 Å². The number of nitrogens with zero attached hydrogens (tertiary/aromatic N) is 2. The second kappa shape index (κ2) is 11.2. The molecule has 0 aliphatic carbocycles. The SMILES string of the molecule is C=CCCOC(=O)[C@@H]1[C@@H]2CCC3(O2)C(C(=O)N(CC=C)C(C)(C)C)N(CCCCCCO)C(=O)[C@H]13. The maximum atomic E-state index is 14.1. The van der Waals surface area contributed by atoms with Crippen molar-refractivity contribution in [3.8, 4) is 0 Å². The van der Waals surface area contributed by atoms with Crippen LogP contribution in [0.25, 0.3) is 0 Å². The highest BCUT2D eigenvalue weighted by atomic mass is 16.6. The van der Waals surface area contributed by atoms with Crippen LogP contribution in [0.1, 0.15) is 65.7 Å². The molecule has 0 aromatic carbocycles. The summed E-state index contributed by atoms with van der Waals surface area (Å²) < 4.78 is 11.9. The van der Waals surface area contributed by atoms with E-state index in [1.54, 1.807) is 22.0 Å². The summed E-state index contributed by atoms with van der Waals surface area (Å²) in [4.78, 5) is 44.5. The first-order valence-corrected chi connectivity index (χ1v) is 12.9. The molecule has 3 saturated heterocycles. The Labute approximate surface area is 209 Å². The Morgan fingerprint density at radius 2 is 1.94 bits per heavy atom. The predicted octanol–water partition coefficient (Wildman–Crippen LogP) is 2.85. The Morgan fingerprint density at radius 1 is 1.23 bits per heavy atom. The maximum Gasteiger partial charge on any atom is 0.312 e. The van der Waals surface area contributed by atoms with Crippen LogP contribution in [0.4, 0.5) is 0 Å². The molecule has 8 heteroatoms. The Bertz CT molecular complexity index is 821. The summed E-state index contributed by atoms with van der Waals surface area (Å²) in [6.45, 7) is 14.5. The van der Waals surface area contributed by atoms with E-state index in [-0.39, 0.29) is 25.0 Å². The van der Waals surface area contributed by atoms with E-state index < -0.39 is 41.1 Å². The smallest absolute Gasteiger partial charge is 0.312 e. The van der Waals surface area contributed by atoms with Crippen LogP contribution >= 0.6 is 0 Å². The number of carbonyl (C=O) groups excluding carboxylic acids is 3. The Balaban J connectivity index is 1.93. The summed E-state index contributed by atoms with van der Waals surface area (Å²) in [6, 6.07) is -0.784. The molecular formula is C27H42N2O6. The summed E-state index contributed by atoms with van der Waals surface area (Å²) in [6.07, 6.45) is 7.81. The van der Waals surface area contributed by atoms with Crippen molar-refractivity contribution in [2.45, 2.75) is 89.0 Å². The second-order valence-corrected chi connectivity index (χ2v) is 10.9. The minimum absolute atomic E-state index is 0.141. The molecule has 3 fully saturated rings. The van der Waals surface area contributed by atoms with Crippen molar-refractivity contribution in [3.05, 3.63) is 25.3 Å². The lowest BCUT2D eigenvalue weighted by Gasteiger charge is -2.42. The number of unbranched alkanes of at least 4 members (excludes halogenated alkanes) is 3. The van der Waals surface area contributed by atoms with Crippen LogP contribution in [0, 0.1) is 11.8 Å². The van der Waals surface area contributed by atoms with E-state index in [1.807, 2.05) is 20.8 Å². The third-order valence-electron chi connectivity index (χ3n) is 7.57. The molecule has 5 atom stereocenters. The highest BCUT2D eigenvalue weighted by molar-refractivity contribution is 5.98. The molecule has 1 spiro atoms. The average molecular weight is 491 g/mol. The quantitative estimate of drug-likeness (QED) is 0.242. The molecule has 3 rings (SSSR count). The summed E-state index contributed by atoms with van der Waals surface area (Å²) in [5.74, 6) is -2.19. The van der Waals surface area contributed by atoms with Gasteiger partial charge in [0.2, 0.25) is 11.8 Å². The van der Waals surface area contributed by atoms with Crippen molar-refractivity contribution >= 4 is 17.8 Å². The predicted molar refractivity (Wildman–Crippen MR) is 132 cm³/mol. The normalized spacial score (nSPS) is 29.3. The number of esters is 1. The molecule has 3 aliphatic heterocycles. The van der Waals surface area contributed by atoms with Gasteiger partial charge in [0, 0.05) is 25.2 Å². The van der Waals surface area contributed by atoms with Gasteiger partial charge in [0.25, 0.3) is 0 Å². The van der Waals surface area contributed by atoms with Gasteiger partial charge in [-0.05, 0) is 52.9 Å². The van der Waals surface area contributed by atoms with Crippen molar-refractivity contribution in [2.75, 3.05) is 26.3 Å². The van der Waals surface area contributed by atoms with Gasteiger partial charge in [-0.3, -0.25) is 14.4 Å². The van der Waals surface area contributed by atoms with Crippen molar-refractivity contribution < 1.29 is 29.0 Å². The van der Waals surface area contributed by atoms with E-state index in [9.17, 15) is 14.4 Å². The molecule has 3 heterocycles. The molecule has 0 aromatic rings. The van der Waals surface area contributed by atoms with Crippen LogP contribution in [0.3, 0.4) is 0 Å². The average Bonchev–Trinajstić information content (AvgIpc) is 3.44. The first kappa shape index (κ1) is 27.4. The number of likely N-dealkylation sites (tertiary alicyclic amines) is 1. The maximum absolute atomic E-state index is 14.1. The molecule has 2 unspecified atom stereocenters. The van der Waals surface area contributed by atoms with E-state index in [4.69, 9.17) is 14.6 Å². The molecule has 3 aliphatic rings. The molecule has 196 valence electrons. The number of hydrogen-bond donors (Lipinski definition) is 1. The fourth-order valence-corrected chi connectivity index (χ4v) is 6.00. The molecule has 8 nitrogen and oxygen atoms in total. The van der Waals surface area contributed by atoms with E-state index in [0.29, 0.717) is 45.2 Å². The fraction of sp³-hybridized carbons (Fsp3) is 0.741. The first-order valence-electron chi connectivity index (χ1n) is 12.9. The largest absolute Gasteiger partial charge is 0.465 e. The van der Waals surface area contributed by atoms with Crippen LogP contribution in [0.5, 0.6) is 0 Å². The third kappa shape index (κ3) is 5.19. The zero-order valence-corrected chi connectivity index (χ0v) is 21.5. The van der Waals surface area contributed by atoms with Crippen molar-refractivity contribution in [2.24, 2.45) is 11.8 Å². The third-order valence-corrected chi connectivity index (χ3v) is 7.57. The molecule has 0 saturated carbocycles. The number of hydrogen-bond acceptors (Lipinski definition) is 6. The topological polar surface area (TPSA) is 96.4 Å². The first-order chi connectivity index (χ1) is 16.6. The monoisotopic (exact) mass is 490 g/mol. The Kier molecular flexibility index (Phi) is 8.81. The van der Waals surface area contributed by atoms with Crippen molar-refractivity contribution in [1.82, 2.24) is 9.80 Å². The van der Waals surface area contributed by atoms with E-state index in [2.05, 4.69) is 13.2 Å². The van der Waals surface area contributed by atoms with Gasteiger partial charge in [-0.2, -0.15) is 0 Å². The zero-order chi connectivity index (χ0) is 25.8. The number of rotatable bonds is 13. The number of aliphatic hydroxyl groups excluding tert-OH is 1. The molecule has 0 aromatic heterocycles. The van der Waals surface area contributed by atoms with Gasteiger partial charge in [0.15, 0.2) is 0 Å². The van der Waals surface area contributed by atoms with Crippen LogP contribution in [0.15, 0.2) is 25.3 Å². The minimum Gasteiger partial charge on any atom is -0.465 e. The van der Waals surface area contributed by atoms with Gasteiger partial charge in [0.1, 0.15) is 11.6 Å². The van der Waals surface area contributed by atoms with E-state index in [1.165, 1.54) is 0 Å². The number of amides is 2. The van der Waals surface area contributed by atoms with Gasteiger partial charge >= 0.3 is 5.97 Å². The molecule has 0 radical (unpaired) electrons. The molecular weight excluding hydrogens is 448 g/mol. The summed E-state index contributed by atoms with van der Waals surface area (Å²) in [5, 5.41) is 9.07.